The molecule has 1 aromatic carbocycles. The van der Waals surface area contributed by atoms with Crippen LogP contribution in [0.1, 0.15) is 13.3 Å². The van der Waals surface area contributed by atoms with Crippen LogP contribution in [-0.4, -0.2) is 51.6 Å². The molecule has 3 heterocycles. The van der Waals surface area contributed by atoms with E-state index < -0.39 is 0 Å². The van der Waals surface area contributed by atoms with E-state index in [0.717, 1.165) is 36.2 Å². The first-order valence-electron chi connectivity index (χ1n) is 9.92. The van der Waals surface area contributed by atoms with Crippen molar-refractivity contribution >= 4 is 45.9 Å². The van der Waals surface area contributed by atoms with Gasteiger partial charge in [0.15, 0.2) is 0 Å². The number of carbonyl (C=O) groups is 1. The van der Waals surface area contributed by atoms with Crippen molar-refractivity contribution in [3.8, 4) is 5.88 Å². The number of hydrogen-bond acceptors (Lipinski definition) is 8. The lowest BCUT2D eigenvalue weighted by Gasteiger charge is -2.19. The fourth-order valence-corrected chi connectivity index (χ4v) is 3.62. The van der Waals surface area contributed by atoms with Gasteiger partial charge in [-0.3, -0.25) is 4.79 Å². The summed E-state index contributed by atoms with van der Waals surface area (Å²) in [4.78, 5) is 31.2. The molecule has 1 fully saturated rings. The van der Waals surface area contributed by atoms with E-state index in [-0.39, 0.29) is 11.9 Å². The van der Waals surface area contributed by atoms with Gasteiger partial charge >= 0.3 is 0 Å². The summed E-state index contributed by atoms with van der Waals surface area (Å²) in [6.07, 6.45) is 5.20. The van der Waals surface area contributed by atoms with Crippen LogP contribution in [0, 0.1) is 0 Å². The summed E-state index contributed by atoms with van der Waals surface area (Å²) in [5.74, 6) is 1.44. The lowest BCUT2D eigenvalue weighted by atomic mass is 10.2. The van der Waals surface area contributed by atoms with Gasteiger partial charge in [-0.15, -0.1) is 0 Å². The maximum Gasteiger partial charge on any atom is 0.247 e. The predicted molar refractivity (Wildman–Crippen MR) is 121 cm³/mol. The number of halogens is 1. The SMILES string of the molecule is C=CC(=O)Nc1ccc2c(N3CC[C@@H](Nc4ncc(Cl)c(OCC)n4)C3)ncnc2c1. The monoisotopic (exact) mass is 439 g/mol. The standard InChI is InChI=1S/C21H22ClN7O2/c1-3-18(30)26-13-5-6-15-17(9-13)24-12-25-19(15)29-8-7-14(11-29)27-21-23-10-16(22)20(28-21)31-4-2/h3,5-6,9-10,12,14H,1,4,7-8,11H2,2H3,(H,26,30)(H,23,27,28)/t14-/m1/s1. The van der Waals surface area contributed by atoms with E-state index >= 15 is 0 Å². The van der Waals surface area contributed by atoms with Gasteiger partial charge in [0, 0.05) is 30.2 Å². The Morgan fingerprint density at radius 2 is 2.26 bits per heavy atom. The molecule has 31 heavy (non-hydrogen) atoms. The molecule has 0 unspecified atom stereocenters. The van der Waals surface area contributed by atoms with Gasteiger partial charge in [0.1, 0.15) is 17.2 Å². The number of amides is 1. The van der Waals surface area contributed by atoms with Crippen molar-refractivity contribution in [3.05, 3.63) is 48.4 Å². The van der Waals surface area contributed by atoms with Gasteiger partial charge in [-0.25, -0.2) is 15.0 Å². The smallest absolute Gasteiger partial charge is 0.247 e. The van der Waals surface area contributed by atoms with E-state index in [1.807, 2.05) is 25.1 Å². The third kappa shape index (κ3) is 4.66. The number of ether oxygens (including phenoxy) is 1. The Kier molecular flexibility index (Phi) is 6.13. The maximum absolute atomic E-state index is 11.6. The van der Waals surface area contributed by atoms with E-state index in [0.29, 0.717) is 29.1 Å². The molecule has 1 amide bonds. The second kappa shape index (κ2) is 9.13. The van der Waals surface area contributed by atoms with Crippen LogP contribution in [0.4, 0.5) is 17.5 Å². The molecule has 1 saturated heterocycles. The van der Waals surface area contributed by atoms with E-state index in [4.69, 9.17) is 16.3 Å². The molecule has 1 aliphatic rings. The van der Waals surface area contributed by atoms with E-state index in [2.05, 4.69) is 42.0 Å². The molecule has 1 aliphatic heterocycles. The minimum Gasteiger partial charge on any atom is -0.477 e. The highest BCUT2D eigenvalue weighted by atomic mass is 35.5. The van der Waals surface area contributed by atoms with Crippen molar-refractivity contribution in [3.63, 3.8) is 0 Å². The van der Waals surface area contributed by atoms with Crippen LogP contribution in [0.2, 0.25) is 5.02 Å². The fraction of sp³-hybridized carbons (Fsp3) is 0.286. The van der Waals surface area contributed by atoms with Gasteiger partial charge in [0.25, 0.3) is 0 Å². The highest BCUT2D eigenvalue weighted by molar-refractivity contribution is 6.31. The fourth-order valence-electron chi connectivity index (χ4n) is 3.48. The predicted octanol–water partition coefficient (Wildman–Crippen LogP) is 3.29. The molecular weight excluding hydrogens is 418 g/mol. The van der Waals surface area contributed by atoms with Crippen LogP contribution in [0.25, 0.3) is 10.9 Å². The maximum atomic E-state index is 11.6. The summed E-state index contributed by atoms with van der Waals surface area (Å²) in [5, 5.41) is 7.40. The summed E-state index contributed by atoms with van der Waals surface area (Å²) < 4.78 is 5.44. The number of fused-ring (bicyclic) bond motifs is 1. The molecule has 9 nitrogen and oxygen atoms in total. The van der Waals surface area contributed by atoms with Crippen molar-refractivity contribution in [2.45, 2.75) is 19.4 Å². The van der Waals surface area contributed by atoms with Crippen molar-refractivity contribution in [2.75, 3.05) is 35.2 Å². The third-order valence-corrected chi connectivity index (χ3v) is 5.14. The minimum absolute atomic E-state index is 0.145. The summed E-state index contributed by atoms with van der Waals surface area (Å²) in [5.41, 5.74) is 1.42. The van der Waals surface area contributed by atoms with E-state index in [1.165, 1.54) is 18.6 Å². The number of hydrogen-bond donors (Lipinski definition) is 2. The zero-order valence-corrected chi connectivity index (χ0v) is 17.8. The molecule has 0 radical (unpaired) electrons. The Labute approximate surface area is 184 Å². The number of nitrogens with one attached hydrogen (secondary N) is 2. The number of benzene rings is 1. The number of anilines is 3. The molecular formula is C21H22ClN7O2. The highest BCUT2D eigenvalue weighted by Gasteiger charge is 2.26. The summed E-state index contributed by atoms with van der Waals surface area (Å²) >= 11 is 6.07. The van der Waals surface area contributed by atoms with Crippen LogP contribution >= 0.6 is 11.6 Å². The first-order valence-corrected chi connectivity index (χ1v) is 10.3. The second-order valence-corrected chi connectivity index (χ2v) is 7.39. The molecule has 10 heteroatoms. The Morgan fingerprint density at radius 3 is 3.06 bits per heavy atom. The molecule has 0 saturated carbocycles. The Morgan fingerprint density at radius 1 is 1.39 bits per heavy atom. The number of nitrogens with zero attached hydrogens (tertiary/aromatic N) is 5. The molecule has 2 aromatic heterocycles. The van der Waals surface area contributed by atoms with Crippen molar-refractivity contribution in [2.24, 2.45) is 0 Å². The average Bonchev–Trinajstić information content (AvgIpc) is 3.24. The molecule has 0 aliphatic carbocycles. The van der Waals surface area contributed by atoms with Crippen LogP contribution in [0.3, 0.4) is 0 Å². The van der Waals surface area contributed by atoms with Crippen molar-refractivity contribution in [1.82, 2.24) is 19.9 Å². The summed E-state index contributed by atoms with van der Waals surface area (Å²) in [6.45, 7) is 7.38. The normalized spacial score (nSPS) is 15.7. The summed E-state index contributed by atoms with van der Waals surface area (Å²) in [6, 6.07) is 5.72. The summed E-state index contributed by atoms with van der Waals surface area (Å²) in [7, 11) is 0. The first-order chi connectivity index (χ1) is 15.1. The second-order valence-electron chi connectivity index (χ2n) is 6.98. The average molecular weight is 440 g/mol. The molecule has 0 spiro atoms. The molecule has 3 aromatic rings. The number of rotatable bonds is 7. The van der Waals surface area contributed by atoms with E-state index in [9.17, 15) is 4.79 Å². The largest absolute Gasteiger partial charge is 0.477 e. The molecule has 160 valence electrons. The first kappa shape index (κ1) is 20.8. The number of carbonyl (C=O) groups excluding carboxylic acids is 1. The van der Waals surface area contributed by atoms with Gasteiger partial charge < -0.3 is 20.3 Å². The van der Waals surface area contributed by atoms with Crippen LogP contribution < -0.4 is 20.3 Å². The Hall–Kier alpha value is -3.46. The molecule has 2 N–H and O–H groups in total. The van der Waals surface area contributed by atoms with E-state index in [1.54, 1.807) is 0 Å². The van der Waals surface area contributed by atoms with Gasteiger partial charge in [0.05, 0.1) is 18.3 Å². The van der Waals surface area contributed by atoms with Crippen LogP contribution in [-0.2, 0) is 4.79 Å². The Balaban J connectivity index is 1.49. The van der Waals surface area contributed by atoms with Crippen molar-refractivity contribution < 1.29 is 9.53 Å². The highest BCUT2D eigenvalue weighted by Crippen LogP contribution is 2.29. The number of aromatic nitrogens is 4. The molecule has 0 bridgehead atoms. The Bertz CT molecular complexity index is 1120. The molecule has 4 rings (SSSR count). The lowest BCUT2D eigenvalue weighted by molar-refractivity contribution is -0.111. The zero-order chi connectivity index (χ0) is 21.8. The zero-order valence-electron chi connectivity index (χ0n) is 17.0. The minimum atomic E-state index is -0.265. The van der Waals surface area contributed by atoms with Gasteiger partial charge in [0.2, 0.25) is 17.7 Å². The van der Waals surface area contributed by atoms with Gasteiger partial charge in [-0.2, -0.15) is 4.98 Å². The molecule has 1 atom stereocenters. The topological polar surface area (TPSA) is 105 Å². The quantitative estimate of drug-likeness (QED) is 0.540. The van der Waals surface area contributed by atoms with Crippen LogP contribution in [0.15, 0.2) is 43.4 Å². The van der Waals surface area contributed by atoms with Crippen molar-refractivity contribution in [1.29, 1.82) is 0 Å². The third-order valence-electron chi connectivity index (χ3n) is 4.88. The van der Waals surface area contributed by atoms with Crippen LogP contribution in [0.5, 0.6) is 5.88 Å². The van der Waals surface area contributed by atoms with Gasteiger partial charge in [-0.05, 0) is 37.6 Å². The lowest BCUT2D eigenvalue weighted by Crippen LogP contribution is -2.27. The van der Waals surface area contributed by atoms with Gasteiger partial charge in [-0.1, -0.05) is 18.2 Å².